The first-order chi connectivity index (χ1) is 8.02. The van der Waals surface area contributed by atoms with Gasteiger partial charge < -0.3 is 11.1 Å². The molecule has 100 valence electrons. The Hall–Kier alpha value is -0.610. The van der Waals surface area contributed by atoms with E-state index in [1.165, 1.54) is 0 Å². The molecule has 4 nitrogen and oxygen atoms in total. The number of hydrogen-bond acceptors (Lipinski definition) is 3. The summed E-state index contributed by atoms with van der Waals surface area (Å²) in [4.78, 5) is 13.9. The molecule has 1 fully saturated rings. The predicted molar refractivity (Wildman–Crippen MR) is 70.8 cm³/mol. The number of nitrogens with one attached hydrogen (secondary N) is 1. The molecule has 0 spiro atoms. The van der Waals surface area contributed by atoms with Gasteiger partial charge in [-0.25, -0.2) is 0 Å². The third kappa shape index (κ3) is 5.04. The molecule has 0 heterocycles. The molecule has 3 N–H and O–H groups in total. The number of amides is 1. The topological polar surface area (TPSA) is 58.4 Å². The van der Waals surface area contributed by atoms with Crippen LogP contribution in [0.4, 0.5) is 0 Å². The van der Waals surface area contributed by atoms with Crippen molar-refractivity contribution in [3.63, 3.8) is 0 Å². The molecule has 1 aliphatic rings. The SMILES string of the molecule is CCC(C)NC(=O)CN(C)C1CCC(N)CC1. The highest BCUT2D eigenvalue weighted by molar-refractivity contribution is 5.78. The Labute approximate surface area is 105 Å². The molecule has 1 amide bonds. The summed E-state index contributed by atoms with van der Waals surface area (Å²) >= 11 is 0. The van der Waals surface area contributed by atoms with Gasteiger partial charge in [0.2, 0.25) is 5.91 Å². The Morgan fingerprint density at radius 2 is 2.00 bits per heavy atom. The van der Waals surface area contributed by atoms with E-state index in [-0.39, 0.29) is 11.9 Å². The van der Waals surface area contributed by atoms with Gasteiger partial charge in [0.05, 0.1) is 6.54 Å². The summed E-state index contributed by atoms with van der Waals surface area (Å²) in [6.45, 7) is 4.62. The van der Waals surface area contributed by atoms with Crippen LogP contribution in [0.2, 0.25) is 0 Å². The van der Waals surface area contributed by atoms with E-state index < -0.39 is 0 Å². The molecule has 0 aromatic heterocycles. The normalized spacial score (nSPS) is 26.9. The molecule has 1 saturated carbocycles. The van der Waals surface area contributed by atoms with Crippen LogP contribution in [0.15, 0.2) is 0 Å². The number of hydrogen-bond donors (Lipinski definition) is 2. The molecule has 0 saturated heterocycles. The van der Waals surface area contributed by atoms with Gasteiger partial charge in [-0.3, -0.25) is 9.69 Å². The van der Waals surface area contributed by atoms with E-state index >= 15 is 0 Å². The quantitative estimate of drug-likeness (QED) is 0.758. The fourth-order valence-electron chi connectivity index (χ4n) is 2.32. The first kappa shape index (κ1) is 14.5. The number of rotatable bonds is 5. The largest absolute Gasteiger partial charge is 0.353 e. The summed E-state index contributed by atoms with van der Waals surface area (Å²) in [5.74, 6) is 0.136. The molecule has 1 aliphatic carbocycles. The monoisotopic (exact) mass is 241 g/mol. The van der Waals surface area contributed by atoms with Crippen molar-refractivity contribution in [2.24, 2.45) is 5.73 Å². The summed E-state index contributed by atoms with van der Waals surface area (Å²) in [6, 6.07) is 1.17. The van der Waals surface area contributed by atoms with Crippen molar-refractivity contribution in [1.29, 1.82) is 0 Å². The van der Waals surface area contributed by atoms with Crippen LogP contribution in [0, 0.1) is 0 Å². The summed E-state index contributed by atoms with van der Waals surface area (Å²) in [6.07, 6.45) is 5.39. The van der Waals surface area contributed by atoms with Crippen LogP contribution in [-0.2, 0) is 4.79 Å². The molecule has 0 bridgehead atoms. The minimum absolute atomic E-state index is 0.136. The lowest BCUT2D eigenvalue weighted by atomic mass is 9.91. The summed E-state index contributed by atoms with van der Waals surface area (Å²) in [7, 11) is 2.04. The molecule has 1 atom stereocenters. The minimum atomic E-state index is 0.136. The van der Waals surface area contributed by atoms with Gasteiger partial charge in [0.15, 0.2) is 0 Å². The standard InChI is InChI=1S/C13H27N3O/c1-4-10(2)15-13(17)9-16(3)12-7-5-11(14)6-8-12/h10-12H,4-9,14H2,1-3H3,(H,15,17). The van der Waals surface area contributed by atoms with Crippen LogP contribution < -0.4 is 11.1 Å². The van der Waals surface area contributed by atoms with Gasteiger partial charge in [0.25, 0.3) is 0 Å². The average molecular weight is 241 g/mol. The minimum Gasteiger partial charge on any atom is -0.353 e. The molecule has 17 heavy (non-hydrogen) atoms. The molecule has 0 radical (unpaired) electrons. The van der Waals surface area contributed by atoms with Gasteiger partial charge >= 0.3 is 0 Å². The molecule has 4 heteroatoms. The number of nitrogens with two attached hydrogens (primary N) is 1. The Bertz CT molecular complexity index is 237. The second-order valence-corrected chi connectivity index (χ2v) is 5.36. The zero-order chi connectivity index (χ0) is 12.8. The first-order valence-electron chi connectivity index (χ1n) is 6.78. The zero-order valence-electron chi connectivity index (χ0n) is 11.4. The molecule has 0 aromatic rings. The van der Waals surface area contributed by atoms with Crippen molar-refractivity contribution in [3.05, 3.63) is 0 Å². The lowest BCUT2D eigenvalue weighted by molar-refractivity contribution is -0.123. The molecule has 0 aromatic carbocycles. The summed E-state index contributed by atoms with van der Waals surface area (Å²) < 4.78 is 0. The smallest absolute Gasteiger partial charge is 0.234 e. The molecule has 1 unspecified atom stereocenters. The molecule has 1 rings (SSSR count). The maximum absolute atomic E-state index is 11.8. The zero-order valence-corrected chi connectivity index (χ0v) is 11.4. The number of carbonyl (C=O) groups is 1. The fraction of sp³-hybridized carbons (Fsp3) is 0.923. The van der Waals surface area contributed by atoms with Crippen molar-refractivity contribution >= 4 is 5.91 Å². The van der Waals surface area contributed by atoms with Crippen molar-refractivity contribution in [1.82, 2.24) is 10.2 Å². The highest BCUT2D eigenvalue weighted by atomic mass is 16.2. The lowest BCUT2D eigenvalue weighted by Crippen LogP contribution is -2.45. The van der Waals surface area contributed by atoms with Crippen LogP contribution in [0.3, 0.4) is 0 Å². The van der Waals surface area contributed by atoms with Crippen LogP contribution in [0.25, 0.3) is 0 Å². The maximum atomic E-state index is 11.8. The van der Waals surface area contributed by atoms with Crippen molar-refractivity contribution < 1.29 is 4.79 Å². The second-order valence-electron chi connectivity index (χ2n) is 5.36. The molecule has 0 aliphatic heterocycles. The van der Waals surface area contributed by atoms with E-state index in [1.54, 1.807) is 0 Å². The Balaban J connectivity index is 2.28. The van der Waals surface area contributed by atoms with Gasteiger partial charge in [-0.2, -0.15) is 0 Å². The second kappa shape index (κ2) is 6.97. The lowest BCUT2D eigenvalue weighted by Gasteiger charge is -2.33. The van der Waals surface area contributed by atoms with Gasteiger partial charge in [0.1, 0.15) is 0 Å². The van der Waals surface area contributed by atoms with E-state index in [0.717, 1.165) is 32.1 Å². The van der Waals surface area contributed by atoms with E-state index in [9.17, 15) is 4.79 Å². The number of likely N-dealkylation sites (N-methyl/N-ethyl adjacent to an activating group) is 1. The van der Waals surface area contributed by atoms with Gasteiger partial charge in [0, 0.05) is 18.1 Å². The van der Waals surface area contributed by atoms with E-state index in [0.29, 0.717) is 18.6 Å². The van der Waals surface area contributed by atoms with Crippen molar-refractivity contribution in [2.45, 2.75) is 64.1 Å². The fourth-order valence-corrected chi connectivity index (χ4v) is 2.32. The summed E-state index contributed by atoms with van der Waals surface area (Å²) in [5, 5.41) is 3.00. The Morgan fingerprint density at radius 1 is 1.41 bits per heavy atom. The Kier molecular flexibility index (Phi) is 5.92. The van der Waals surface area contributed by atoms with Crippen LogP contribution in [0.5, 0.6) is 0 Å². The predicted octanol–water partition coefficient (Wildman–Crippen LogP) is 1.10. The van der Waals surface area contributed by atoms with Crippen molar-refractivity contribution in [2.75, 3.05) is 13.6 Å². The average Bonchev–Trinajstić information content (AvgIpc) is 2.29. The number of nitrogens with zero attached hydrogens (tertiary/aromatic N) is 1. The van der Waals surface area contributed by atoms with Crippen molar-refractivity contribution in [3.8, 4) is 0 Å². The molecular weight excluding hydrogens is 214 g/mol. The van der Waals surface area contributed by atoms with E-state index in [1.807, 2.05) is 14.0 Å². The van der Waals surface area contributed by atoms with Gasteiger partial charge in [-0.15, -0.1) is 0 Å². The number of carbonyl (C=O) groups excluding carboxylic acids is 1. The third-order valence-corrected chi connectivity index (χ3v) is 3.78. The summed E-state index contributed by atoms with van der Waals surface area (Å²) in [5.41, 5.74) is 5.88. The first-order valence-corrected chi connectivity index (χ1v) is 6.78. The van der Waals surface area contributed by atoms with Crippen LogP contribution in [0.1, 0.15) is 46.0 Å². The Morgan fingerprint density at radius 3 is 2.53 bits per heavy atom. The van der Waals surface area contributed by atoms with Gasteiger partial charge in [-0.1, -0.05) is 6.92 Å². The highest BCUT2D eigenvalue weighted by Gasteiger charge is 2.23. The maximum Gasteiger partial charge on any atom is 0.234 e. The van der Waals surface area contributed by atoms with Gasteiger partial charge in [-0.05, 0) is 46.1 Å². The molecular formula is C13H27N3O. The van der Waals surface area contributed by atoms with Crippen LogP contribution in [-0.4, -0.2) is 42.5 Å². The van der Waals surface area contributed by atoms with Crippen LogP contribution >= 0.6 is 0 Å². The highest BCUT2D eigenvalue weighted by Crippen LogP contribution is 2.20. The van der Waals surface area contributed by atoms with E-state index in [4.69, 9.17) is 5.73 Å². The third-order valence-electron chi connectivity index (χ3n) is 3.78. The van der Waals surface area contributed by atoms with E-state index in [2.05, 4.69) is 17.1 Å².